The third-order valence-electron chi connectivity index (χ3n) is 1.28. The van der Waals surface area contributed by atoms with Gasteiger partial charge in [-0.3, -0.25) is 4.98 Å². The molecule has 0 aliphatic rings. The van der Waals surface area contributed by atoms with Crippen LogP contribution in [0.2, 0.25) is 0 Å². The Morgan fingerprint density at radius 3 is 2.50 bits per heavy atom. The fraction of sp³-hybridized carbons (Fsp3) is 0.125. The highest BCUT2D eigenvalue weighted by Gasteiger charge is 2.33. The molecule has 1 rings (SSSR count). The van der Waals surface area contributed by atoms with E-state index < -0.39 is 11.7 Å². The molecule has 0 bridgehead atoms. The zero-order valence-electron chi connectivity index (χ0n) is 5.89. The molecule has 0 saturated carbocycles. The third-order valence-corrected chi connectivity index (χ3v) is 1.28. The van der Waals surface area contributed by atoms with Crippen LogP contribution in [0.5, 0.6) is 0 Å². The zero-order valence-corrected chi connectivity index (χ0v) is 5.89. The maximum absolute atomic E-state index is 12.1. The fourth-order valence-electron chi connectivity index (χ4n) is 0.746. The molecule has 1 aromatic heterocycles. The first kappa shape index (κ1) is 8.60. The molecular weight excluding hydrogens is 167 g/mol. The van der Waals surface area contributed by atoms with Gasteiger partial charge in [0, 0.05) is 18.0 Å². The summed E-state index contributed by atoms with van der Waals surface area (Å²) >= 11 is 0. The lowest BCUT2D eigenvalue weighted by Gasteiger charge is -2.06. The van der Waals surface area contributed by atoms with Crippen molar-refractivity contribution in [1.82, 2.24) is 4.98 Å². The van der Waals surface area contributed by atoms with Crippen molar-refractivity contribution in [2.24, 2.45) is 0 Å². The zero-order chi connectivity index (χ0) is 9.19. The van der Waals surface area contributed by atoms with Crippen molar-refractivity contribution in [3.8, 4) is 12.3 Å². The SMILES string of the molecule is C#Cc1ccncc1C(F)(F)F. The van der Waals surface area contributed by atoms with Crippen molar-refractivity contribution in [2.45, 2.75) is 6.18 Å². The Labute approximate surface area is 67.2 Å². The first-order valence-corrected chi connectivity index (χ1v) is 3.03. The predicted octanol–water partition coefficient (Wildman–Crippen LogP) is 2.08. The summed E-state index contributed by atoms with van der Waals surface area (Å²) in [6.07, 6.45) is 2.39. The maximum Gasteiger partial charge on any atom is 0.419 e. The summed E-state index contributed by atoms with van der Waals surface area (Å²) in [6, 6.07) is 1.16. The van der Waals surface area contributed by atoms with Crippen LogP contribution < -0.4 is 0 Å². The second-order valence-corrected chi connectivity index (χ2v) is 2.06. The molecule has 0 amide bonds. The van der Waals surface area contributed by atoms with Crippen LogP contribution in [0.1, 0.15) is 11.1 Å². The summed E-state index contributed by atoms with van der Waals surface area (Å²) in [4.78, 5) is 3.34. The van der Waals surface area contributed by atoms with Gasteiger partial charge in [0.05, 0.1) is 5.56 Å². The van der Waals surface area contributed by atoms with Crippen LogP contribution in [0.25, 0.3) is 0 Å². The number of terminal acetylenes is 1. The normalized spacial score (nSPS) is 10.8. The lowest BCUT2D eigenvalue weighted by atomic mass is 10.1. The largest absolute Gasteiger partial charge is 0.419 e. The molecule has 0 unspecified atom stereocenters. The molecule has 0 fully saturated rings. The van der Waals surface area contributed by atoms with Gasteiger partial charge in [-0.1, -0.05) is 5.92 Å². The fourth-order valence-corrected chi connectivity index (χ4v) is 0.746. The topological polar surface area (TPSA) is 12.9 Å². The molecule has 0 aromatic carbocycles. The summed E-state index contributed by atoms with van der Waals surface area (Å²) in [5.41, 5.74) is -1.05. The standard InChI is InChI=1S/C8H4F3N/c1-2-6-3-4-12-5-7(6)8(9,10)11/h1,3-5H. The Balaban J connectivity index is 3.26. The first-order valence-electron chi connectivity index (χ1n) is 3.03. The molecule has 62 valence electrons. The second kappa shape index (κ2) is 2.86. The van der Waals surface area contributed by atoms with Crippen LogP contribution in [0.15, 0.2) is 18.5 Å². The molecule has 1 heterocycles. The molecule has 4 heteroatoms. The second-order valence-electron chi connectivity index (χ2n) is 2.06. The third kappa shape index (κ3) is 1.56. The van der Waals surface area contributed by atoms with E-state index in [0.29, 0.717) is 0 Å². The Morgan fingerprint density at radius 1 is 1.42 bits per heavy atom. The molecule has 1 nitrogen and oxygen atoms in total. The van der Waals surface area contributed by atoms with Gasteiger partial charge in [0.15, 0.2) is 0 Å². The lowest BCUT2D eigenvalue weighted by Crippen LogP contribution is -2.07. The van der Waals surface area contributed by atoms with E-state index in [1.165, 1.54) is 6.20 Å². The van der Waals surface area contributed by atoms with Crippen molar-refractivity contribution >= 4 is 0 Å². The summed E-state index contributed by atoms with van der Waals surface area (Å²) in [7, 11) is 0. The Morgan fingerprint density at radius 2 is 2.08 bits per heavy atom. The molecule has 0 saturated heterocycles. The molecular formula is C8H4F3N. The molecule has 12 heavy (non-hydrogen) atoms. The number of nitrogens with zero attached hydrogens (tertiary/aromatic N) is 1. The Hall–Kier alpha value is -1.50. The van der Waals surface area contributed by atoms with Gasteiger partial charge in [-0.2, -0.15) is 13.2 Å². The van der Waals surface area contributed by atoms with Gasteiger partial charge >= 0.3 is 6.18 Å². The molecule has 0 radical (unpaired) electrons. The highest BCUT2D eigenvalue weighted by molar-refractivity contribution is 5.39. The summed E-state index contributed by atoms with van der Waals surface area (Å²) in [5.74, 6) is 1.94. The summed E-state index contributed by atoms with van der Waals surface area (Å²) in [6.45, 7) is 0. The minimum absolute atomic E-state index is 0.183. The molecule has 0 spiro atoms. The molecule has 0 aliphatic heterocycles. The number of hydrogen-bond acceptors (Lipinski definition) is 1. The van der Waals surface area contributed by atoms with Crippen LogP contribution >= 0.6 is 0 Å². The number of pyridine rings is 1. The first-order chi connectivity index (χ1) is 5.55. The van der Waals surface area contributed by atoms with Gasteiger partial charge in [0.2, 0.25) is 0 Å². The molecule has 0 N–H and O–H groups in total. The van der Waals surface area contributed by atoms with E-state index in [1.54, 1.807) is 0 Å². The minimum Gasteiger partial charge on any atom is -0.264 e. The van der Waals surface area contributed by atoms with Crippen LogP contribution in [0.4, 0.5) is 13.2 Å². The van der Waals surface area contributed by atoms with E-state index in [0.717, 1.165) is 12.3 Å². The smallest absolute Gasteiger partial charge is 0.264 e. The van der Waals surface area contributed by atoms with Gasteiger partial charge in [-0.25, -0.2) is 0 Å². The van der Waals surface area contributed by atoms with Gasteiger partial charge in [0.25, 0.3) is 0 Å². The Kier molecular flexibility index (Phi) is 2.05. The summed E-state index contributed by atoms with van der Waals surface area (Å²) in [5, 5.41) is 0. The van der Waals surface area contributed by atoms with E-state index in [9.17, 15) is 13.2 Å². The molecule has 0 atom stereocenters. The highest BCUT2D eigenvalue weighted by Crippen LogP contribution is 2.30. The number of alkyl halides is 3. The average Bonchev–Trinajstić information content (AvgIpc) is 2.03. The van der Waals surface area contributed by atoms with Gasteiger partial charge in [0.1, 0.15) is 0 Å². The van der Waals surface area contributed by atoms with E-state index in [2.05, 4.69) is 4.98 Å². The van der Waals surface area contributed by atoms with E-state index in [1.807, 2.05) is 5.92 Å². The number of hydrogen-bond donors (Lipinski definition) is 0. The van der Waals surface area contributed by atoms with E-state index in [4.69, 9.17) is 6.42 Å². The van der Waals surface area contributed by atoms with Crippen molar-refractivity contribution in [3.63, 3.8) is 0 Å². The number of halogens is 3. The Bertz CT molecular complexity index is 322. The lowest BCUT2D eigenvalue weighted by molar-refractivity contribution is -0.138. The van der Waals surface area contributed by atoms with Crippen molar-refractivity contribution in [3.05, 3.63) is 29.6 Å². The van der Waals surface area contributed by atoms with Gasteiger partial charge < -0.3 is 0 Å². The molecule has 0 aliphatic carbocycles. The quantitative estimate of drug-likeness (QED) is 0.544. The summed E-state index contributed by atoms with van der Waals surface area (Å²) < 4.78 is 36.3. The van der Waals surface area contributed by atoms with E-state index >= 15 is 0 Å². The van der Waals surface area contributed by atoms with Crippen molar-refractivity contribution < 1.29 is 13.2 Å². The monoisotopic (exact) mass is 171 g/mol. The van der Waals surface area contributed by atoms with Crippen molar-refractivity contribution in [1.29, 1.82) is 0 Å². The molecule has 1 aromatic rings. The van der Waals surface area contributed by atoms with Gasteiger partial charge in [-0.05, 0) is 6.07 Å². The van der Waals surface area contributed by atoms with Crippen LogP contribution in [-0.4, -0.2) is 4.98 Å². The van der Waals surface area contributed by atoms with Crippen LogP contribution in [-0.2, 0) is 6.18 Å². The number of rotatable bonds is 0. The van der Waals surface area contributed by atoms with Crippen LogP contribution in [0, 0.1) is 12.3 Å². The minimum atomic E-state index is -4.42. The van der Waals surface area contributed by atoms with Gasteiger partial charge in [-0.15, -0.1) is 6.42 Å². The predicted molar refractivity (Wildman–Crippen MR) is 37.2 cm³/mol. The highest BCUT2D eigenvalue weighted by atomic mass is 19.4. The van der Waals surface area contributed by atoms with E-state index in [-0.39, 0.29) is 5.56 Å². The average molecular weight is 171 g/mol. The number of aromatic nitrogens is 1. The van der Waals surface area contributed by atoms with Crippen molar-refractivity contribution in [2.75, 3.05) is 0 Å². The van der Waals surface area contributed by atoms with Crippen LogP contribution in [0.3, 0.4) is 0 Å². The maximum atomic E-state index is 12.1.